The molecule has 120 valence electrons. The van der Waals surface area contributed by atoms with E-state index in [0.717, 1.165) is 6.26 Å². The Kier molecular flexibility index (Phi) is 4.36. The standard InChI is InChI=1S/C13H17N3O5S/c1-10(17)14-6-8-15(9-7-14)11-4-3-5-12(22(2,20)21)13(11)16(18)19/h3-5H,6-9H2,1-2H3. The van der Waals surface area contributed by atoms with E-state index in [-0.39, 0.29) is 16.5 Å². The summed E-state index contributed by atoms with van der Waals surface area (Å²) in [5, 5.41) is 11.4. The minimum Gasteiger partial charge on any atom is -0.362 e. The van der Waals surface area contributed by atoms with Gasteiger partial charge in [0.25, 0.3) is 0 Å². The summed E-state index contributed by atoms with van der Waals surface area (Å²) < 4.78 is 23.5. The number of sulfone groups is 1. The van der Waals surface area contributed by atoms with Crippen molar-refractivity contribution in [1.82, 2.24) is 4.90 Å². The van der Waals surface area contributed by atoms with Gasteiger partial charge in [-0.05, 0) is 12.1 Å². The van der Waals surface area contributed by atoms with E-state index in [4.69, 9.17) is 0 Å². The molecule has 1 saturated heterocycles. The zero-order valence-electron chi connectivity index (χ0n) is 12.4. The van der Waals surface area contributed by atoms with Crippen LogP contribution >= 0.6 is 0 Å². The van der Waals surface area contributed by atoms with Crippen LogP contribution in [-0.4, -0.2) is 56.6 Å². The molecule has 8 nitrogen and oxygen atoms in total. The fourth-order valence-electron chi connectivity index (χ4n) is 2.51. The molecule has 1 aromatic rings. The predicted molar refractivity (Wildman–Crippen MR) is 80.7 cm³/mol. The molecule has 2 rings (SSSR count). The number of carbonyl (C=O) groups is 1. The van der Waals surface area contributed by atoms with E-state index in [0.29, 0.717) is 26.2 Å². The van der Waals surface area contributed by atoms with Crippen molar-refractivity contribution in [3.63, 3.8) is 0 Å². The quantitative estimate of drug-likeness (QED) is 0.597. The van der Waals surface area contributed by atoms with E-state index in [1.807, 2.05) is 0 Å². The van der Waals surface area contributed by atoms with Gasteiger partial charge in [0.2, 0.25) is 5.91 Å². The molecule has 0 spiro atoms. The Bertz CT molecular complexity index is 708. The van der Waals surface area contributed by atoms with Crippen molar-refractivity contribution in [2.24, 2.45) is 0 Å². The first-order valence-electron chi connectivity index (χ1n) is 6.69. The maximum absolute atomic E-state index is 11.8. The molecule has 0 aromatic heterocycles. The van der Waals surface area contributed by atoms with Gasteiger partial charge in [-0.25, -0.2) is 8.42 Å². The molecule has 0 bridgehead atoms. The number of rotatable bonds is 3. The van der Waals surface area contributed by atoms with E-state index < -0.39 is 20.4 Å². The van der Waals surface area contributed by atoms with Crippen molar-refractivity contribution in [3.05, 3.63) is 28.3 Å². The molecule has 1 aromatic carbocycles. The van der Waals surface area contributed by atoms with Crippen LogP contribution in [0.4, 0.5) is 11.4 Å². The van der Waals surface area contributed by atoms with Crippen molar-refractivity contribution >= 4 is 27.1 Å². The van der Waals surface area contributed by atoms with Gasteiger partial charge in [-0.15, -0.1) is 0 Å². The molecule has 9 heteroatoms. The number of para-hydroxylation sites is 1. The number of hydrogen-bond donors (Lipinski definition) is 0. The number of amides is 1. The number of benzene rings is 1. The van der Waals surface area contributed by atoms with E-state index in [9.17, 15) is 23.3 Å². The molecule has 1 heterocycles. The van der Waals surface area contributed by atoms with Crippen LogP contribution in [0.25, 0.3) is 0 Å². The molecule has 0 atom stereocenters. The predicted octanol–water partition coefficient (Wildman–Crippen LogP) is 0.667. The number of nitrogens with zero attached hydrogens (tertiary/aromatic N) is 3. The molecule has 22 heavy (non-hydrogen) atoms. The molecule has 0 radical (unpaired) electrons. The number of carbonyl (C=O) groups excluding carboxylic acids is 1. The van der Waals surface area contributed by atoms with Crippen LogP contribution in [0.2, 0.25) is 0 Å². The zero-order valence-corrected chi connectivity index (χ0v) is 13.2. The third-order valence-electron chi connectivity index (χ3n) is 3.63. The highest BCUT2D eigenvalue weighted by molar-refractivity contribution is 7.90. The molecule has 0 saturated carbocycles. The van der Waals surface area contributed by atoms with Crippen LogP contribution in [0.5, 0.6) is 0 Å². The van der Waals surface area contributed by atoms with Gasteiger partial charge in [0, 0.05) is 39.4 Å². The van der Waals surface area contributed by atoms with E-state index in [1.54, 1.807) is 9.80 Å². The average molecular weight is 327 g/mol. The van der Waals surface area contributed by atoms with Crippen molar-refractivity contribution in [2.75, 3.05) is 37.3 Å². The summed E-state index contributed by atoms with van der Waals surface area (Å²) in [4.78, 5) is 25.1. The summed E-state index contributed by atoms with van der Waals surface area (Å²) in [6, 6.07) is 4.27. The first kappa shape index (κ1) is 16.2. The number of hydrogen-bond acceptors (Lipinski definition) is 6. The van der Waals surface area contributed by atoms with Crippen LogP contribution in [-0.2, 0) is 14.6 Å². The van der Waals surface area contributed by atoms with Gasteiger partial charge in [-0.2, -0.15) is 0 Å². The van der Waals surface area contributed by atoms with Gasteiger partial charge < -0.3 is 9.80 Å². The lowest BCUT2D eigenvalue weighted by atomic mass is 10.2. The monoisotopic (exact) mass is 327 g/mol. The summed E-state index contributed by atoms with van der Waals surface area (Å²) in [6.45, 7) is 3.23. The fourth-order valence-corrected chi connectivity index (χ4v) is 3.37. The second kappa shape index (κ2) is 5.91. The van der Waals surface area contributed by atoms with Crippen molar-refractivity contribution < 1.29 is 18.1 Å². The molecule has 1 aliphatic rings. The largest absolute Gasteiger partial charge is 0.362 e. The summed E-state index contributed by atoms with van der Waals surface area (Å²) in [5.41, 5.74) is -0.127. The normalized spacial score (nSPS) is 15.7. The lowest BCUT2D eigenvalue weighted by Gasteiger charge is -2.35. The van der Waals surface area contributed by atoms with E-state index >= 15 is 0 Å². The minimum atomic E-state index is -3.70. The number of piperazine rings is 1. The van der Waals surface area contributed by atoms with Gasteiger partial charge in [0.15, 0.2) is 9.84 Å². The Morgan fingerprint density at radius 1 is 1.23 bits per heavy atom. The second-order valence-corrected chi connectivity index (χ2v) is 7.13. The Balaban J connectivity index is 2.41. The van der Waals surface area contributed by atoms with Crippen LogP contribution in [0, 0.1) is 10.1 Å². The highest BCUT2D eigenvalue weighted by Gasteiger charge is 2.30. The molecule has 1 fully saturated rings. The Morgan fingerprint density at radius 3 is 2.27 bits per heavy atom. The number of nitro benzene ring substituents is 1. The van der Waals surface area contributed by atoms with Crippen LogP contribution in [0.15, 0.2) is 23.1 Å². The van der Waals surface area contributed by atoms with E-state index in [2.05, 4.69) is 0 Å². The molecule has 1 aliphatic heterocycles. The first-order chi connectivity index (χ1) is 10.2. The van der Waals surface area contributed by atoms with Crippen LogP contribution in [0.3, 0.4) is 0 Å². The first-order valence-corrected chi connectivity index (χ1v) is 8.59. The third-order valence-corrected chi connectivity index (χ3v) is 4.75. The molecule has 0 aliphatic carbocycles. The Morgan fingerprint density at radius 2 is 1.82 bits per heavy atom. The lowest BCUT2D eigenvalue weighted by molar-refractivity contribution is -0.387. The summed E-state index contributed by atoms with van der Waals surface area (Å²) in [5.74, 6) is -0.0426. The SMILES string of the molecule is CC(=O)N1CCN(c2cccc(S(C)(=O)=O)c2[N+](=O)[O-])CC1. The van der Waals surface area contributed by atoms with Crippen molar-refractivity contribution in [3.8, 4) is 0 Å². The Hall–Kier alpha value is -2.16. The minimum absolute atomic E-state index is 0.0426. The van der Waals surface area contributed by atoms with E-state index in [1.165, 1.54) is 25.1 Å². The molecule has 0 N–H and O–H groups in total. The van der Waals surface area contributed by atoms with Crippen molar-refractivity contribution in [1.29, 1.82) is 0 Å². The van der Waals surface area contributed by atoms with Gasteiger partial charge in [-0.3, -0.25) is 14.9 Å². The molecule has 1 amide bonds. The number of anilines is 1. The van der Waals surface area contributed by atoms with Crippen LogP contribution in [0.1, 0.15) is 6.92 Å². The maximum Gasteiger partial charge on any atom is 0.311 e. The molecular formula is C13H17N3O5S. The fraction of sp³-hybridized carbons (Fsp3) is 0.462. The third kappa shape index (κ3) is 3.19. The van der Waals surface area contributed by atoms with Gasteiger partial charge in [0.05, 0.1) is 4.92 Å². The van der Waals surface area contributed by atoms with Gasteiger partial charge in [0.1, 0.15) is 10.6 Å². The van der Waals surface area contributed by atoms with Crippen molar-refractivity contribution in [2.45, 2.75) is 11.8 Å². The molecule has 0 unspecified atom stereocenters. The summed E-state index contributed by atoms with van der Waals surface area (Å²) in [7, 11) is -3.70. The smallest absolute Gasteiger partial charge is 0.311 e. The van der Waals surface area contributed by atoms with Gasteiger partial charge >= 0.3 is 5.69 Å². The van der Waals surface area contributed by atoms with Gasteiger partial charge in [-0.1, -0.05) is 6.07 Å². The zero-order chi connectivity index (χ0) is 16.5. The second-order valence-electron chi connectivity index (χ2n) is 5.15. The average Bonchev–Trinajstić information content (AvgIpc) is 2.45. The summed E-state index contributed by atoms with van der Waals surface area (Å²) in [6.07, 6.45) is 0.951. The van der Waals surface area contributed by atoms with Crippen LogP contribution < -0.4 is 4.90 Å². The molecular weight excluding hydrogens is 310 g/mol. The Labute approximate surface area is 128 Å². The highest BCUT2D eigenvalue weighted by atomic mass is 32.2. The number of nitro groups is 1. The summed E-state index contributed by atoms with van der Waals surface area (Å²) >= 11 is 0. The highest BCUT2D eigenvalue weighted by Crippen LogP contribution is 2.35. The maximum atomic E-state index is 11.8. The topological polar surface area (TPSA) is 101 Å². The lowest BCUT2D eigenvalue weighted by Crippen LogP contribution is -2.48.